The molecule has 1 aliphatic heterocycles. The summed E-state index contributed by atoms with van der Waals surface area (Å²) in [5.41, 5.74) is 4.34. The van der Waals surface area contributed by atoms with Gasteiger partial charge in [-0.15, -0.1) is 0 Å². The minimum Gasteiger partial charge on any atom is -0.493 e. The quantitative estimate of drug-likeness (QED) is 0.260. The van der Waals surface area contributed by atoms with Crippen LogP contribution in [-0.2, 0) is 16.1 Å². The SMILES string of the molecule is COc1cc(/C=C2/SC(=O)N(Cc3ccccc3Br)C2=O)ccc1OCC(=O)Nc1cc(C)c(C)cc1Br. The van der Waals surface area contributed by atoms with Crippen LogP contribution in [0, 0.1) is 13.8 Å². The molecule has 3 aromatic rings. The van der Waals surface area contributed by atoms with Gasteiger partial charge in [0.1, 0.15) is 0 Å². The second kappa shape index (κ2) is 12.2. The van der Waals surface area contributed by atoms with Gasteiger partial charge in [-0.25, -0.2) is 0 Å². The number of imide groups is 1. The Labute approximate surface area is 241 Å². The smallest absolute Gasteiger partial charge is 0.293 e. The largest absolute Gasteiger partial charge is 0.493 e. The predicted molar refractivity (Wildman–Crippen MR) is 156 cm³/mol. The number of hydrogen-bond donors (Lipinski definition) is 1. The summed E-state index contributed by atoms with van der Waals surface area (Å²) in [5, 5.41) is 2.51. The fourth-order valence-corrected chi connectivity index (χ4v) is 5.49. The third-order valence-electron chi connectivity index (χ3n) is 5.86. The highest BCUT2D eigenvalue weighted by Crippen LogP contribution is 2.36. The van der Waals surface area contributed by atoms with Gasteiger partial charge in [-0.1, -0.05) is 40.2 Å². The highest BCUT2D eigenvalue weighted by atomic mass is 79.9. The van der Waals surface area contributed by atoms with Crippen molar-refractivity contribution in [2.75, 3.05) is 19.0 Å². The Morgan fingerprint density at radius 2 is 1.74 bits per heavy atom. The zero-order valence-electron chi connectivity index (χ0n) is 20.8. The van der Waals surface area contributed by atoms with E-state index in [1.54, 1.807) is 24.3 Å². The number of thioether (sulfide) groups is 1. The number of nitrogens with one attached hydrogen (secondary N) is 1. The zero-order valence-corrected chi connectivity index (χ0v) is 24.8. The molecule has 1 aliphatic rings. The Hall–Kier alpha value is -3.08. The molecule has 1 saturated heterocycles. The van der Waals surface area contributed by atoms with Crippen molar-refractivity contribution in [1.29, 1.82) is 0 Å². The number of anilines is 1. The minimum absolute atomic E-state index is 0.181. The third-order valence-corrected chi connectivity index (χ3v) is 8.20. The van der Waals surface area contributed by atoms with Crippen molar-refractivity contribution in [1.82, 2.24) is 4.90 Å². The summed E-state index contributed by atoms with van der Waals surface area (Å²) in [4.78, 5) is 39.5. The van der Waals surface area contributed by atoms with Crippen molar-refractivity contribution in [2.24, 2.45) is 0 Å². The van der Waals surface area contributed by atoms with Gasteiger partial charge < -0.3 is 14.8 Å². The van der Waals surface area contributed by atoms with Gasteiger partial charge in [-0.05, 0) is 100 Å². The first-order chi connectivity index (χ1) is 18.2. The fraction of sp³-hybridized carbons (Fsp3) is 0.179. The second-order valence-corrected chi connectivity index (χ2v) is 11.2. The predicted octanol–water partition coefficient (Wildman–Crippen LogP) is 7.09. The Morgan fingerprint density at radius 1 is 1.00 bits per heavy atom. The first-order valence-corrected chi connectivity index (χ1v) is 13.9. The average Bonchev–Trinajstić information content (AvgIpc) is 3.14. The summed E-state index contributed by atoms with van der Waals surface area (Å²) in [6.45, 7) is 3.94. The molecule has 7 nitrogen and oxygen atoms in total. The number of halogens is 2. The molecule has 0 spiro atoms. The number of rotatable bonds is 8. The molecule has 3 amide bonds. The normalized spacial score (nSPS) is 14.2. The van der Waals surface area contributed by atoms with Crippen molar-refractivity contribution < 1.29 is 23.9 Å². The lowest BCUT2D eigenvalue weighted by molar-refractivity contribution is -0.123. The van der Waals surface area contributed by atoms with Crippen molar-refractivity contribution in [2.45, 2.75) is 20.4 Å². The van der Waals surface area contributed by atoms with E-state index in [0.717, 1.165) is 37.4 Å². The van der Waals surface area contributed by atoms with Crippen molar-refractivity contribution in [3.8, 4) is 11.5 Å². The van der Waals surface area contributed by atoms with Crippen LogP contribution in [0.5, 0.6) is 11.5 Å². The standard InChI is InChI=1S/C28H24Br2N2O5S/c1-16-10-21(30)22(11-17(16)2)31-26(33)15-37-23-9-8-18(12-24(23)36-3)13-25-27(34)32(28(35)38-25)14-19-6-4-5-7-20(19)29/h4-13H,14-15H2,1-3H3,(H,31,33)/b25-13+. The maximum Gasteiger partial charge on any atom is 0.293 e. The van der Waals surface area contributed by atoms with E-state index in [2.05, 4.69) is 37.2 Å². The van der Waals surface area contributed by atoms with E-state index in [4.69, 9.17) is 9.47 Å². The highest BCUT2D eigenvalue weighted by Gasteiger charge is 2.35. The number of aryl methyl sites for hydroxylation is 2. The van der Waals surface area contributed by atoms with Gasteiger partial charge in [0.25, 0.3) is 17.1 Å². The van der Waals surface area contributed by atoms with Gasteiger partial charge in [0.2, 0.25) is 0 Å². The summed E-state index contributed by atoms with van der Waals surface area (Å²) >= 11 is 7.82. The Bertz CT molecular complexity index is 1460. The number of ether oxygens (including phenoxy) is 2. The van der Waals surface area contributed by atoms with Crippen LogP contribution in [0.1, 0.15) is 22.3 Å². The topological polar surface area (TPSA) is 84.9 Å². The molecule has 38 heavy (non-hydrogen) atoms. The number of amides is 3. The molecule has 0 aliphatic carbocycles. The number of carbonyl (C=O) groups is 3. The van der Waals surface area contributed by atoms with Crippen LogP contribution in [0.4, 0.5) is 10.5 Å². The van der Waals surface area contributed by atoms with Gasteiger partial charge in [0.05, 0.1) is 24.2 Å². The summed E-state index contributed by atoms with van der Waals surface area (Å²) < 4.78 is 12.8. The molecule has 1 fully saturated rings. The lowest BCUT2D eigenvalue weighted by atomic mass is 10.1. The monoisotopic (exact) mass is 658 g/mol. The molecule has 3 aromatic carbocycles. The van der Waals surface area contributed by atoms with Crippen molar-refractivity contribution >= 4 is 72.4 Å². The van der Waals surface area contributed by atoms with Crippen LogP contribution in [0.15, 0.2) is 68.4 Å². The van der Waals surface area contributed by atoms with Crippen molar-refractivity contribution in [3.63, 3.8) is 0 Å². The zero-order chi connectivity index (χ0) is 27.4. The second-order valence-electron chi connectivity index (χ2n) is 8.52. The first-order valence-electron chi connectivity index (χ1n) is 11.5. The number of methoxy groups -OCH3 is 1. The molecule has 0 unspecified atom stereocenters. The van der Waals surface area contributed by atoms with E-state index in [-0.39, 0.29) is 30.2 Å². The summed E-state index contributed by atoms with van der Waals surface area (Å²) in [6, 6.07) is 16.4. The average molecular weight is 660 g/mol. The van der Waals surface area contributed by atoms with Gasteiger partial charge >= 0.3 is 0 Å². The van der Waals surface area contributed by atoms with Gasteiger partial charge in [0.15, 0.2) is 18.1 Å². The molecule has 1 heterocycles. The molecule has 0 aromatic heterocycles. The van der Waals surface area contributed by atoms with Crippen molar-refractivity contribution in [3.05, 3.63) is 90.7 Å². The van der Waals surface area contributed by atoms with E-state index in [9.17, 15) is 14.4 Å². The lowest BCUT2D eigenvalue weighted by Crippen LogP contribution is -2.27. The van der Waals surface area contributed by atoms with Crippen LogP contribution in [0.2, 0.25) is 0 Å². The summed E-state index contributed by atoms with van der Waals surface area (Å²) in [7, 11) is 1.49. The Kier molecular flexibility index (Phi) is 8.96. The van der Waals surface area contributed by atoms with E-state index < -0.39 is 0 Å². The third kappa shape index (κ3) is 6.48. The van der Waals surface area contributed by atoms with Gasteiger partial charge in [0, 0.05) is 8.95 Å². The molecular formula is C28H24Br2N2O5S. The lowest BCUT2D eigenvalue weighted by Gasteiger charge is -2.14. The van der Waals surface area contributed by atoms with E-state index in [1.165, 1.54) is 12.0 Å². The number of carbonyl (C=O) groups excluding carboxylic acids is 3. The van der Waals surface area contributed by atoms with Crippen LogP contribution in [-0.4, -0.2) is 35.7 Å². The molecule has 10 heteroatoms. The first kappa shape index (κ1) is 27.9. The fourth-order valence-electron chi connectivity index (χ4n) is 3.68. The summed E-state index contributed by atoms with van der Waals surface area (Å²) in [6.07, 6.45) is 1.64. The van der Waals surface area contributed by atoms with Crippen LogP contribution >= 0.6 is 43.6 Å². The van der Waals surface area contributed by atoms with E-state index in [0.29, 0.717) is 27.7 Å². The van der Waals surface area contributed by atoms with Crippen LogP contribution in [0.3, 0.4) is 0 Å². The van der Waals surface area contributed by atoms with E-state index in [1.807, 2.05) is 50.2 Å². The highest BCUT2D eigenvalue weighted by molar-refractivity contribution is 9.11. The molecule has 0 radical (unpaired) electrons. The van der Waals surface area contributed by atoms with Crippen LogP contribution in [0.25, 0.3) is 6.08 Å². The van der Waals surface area contributed by atoms with E-state index >= 15 is 0 Å². The minimum atomic E-state index is -0.357. The molecule has 196 valence electrons. The van der Waals surface area contributed by atoms with Gasteiger partial charge in [-0.3, -0.25) is 19.3 Å². The number of benzene rings is 3. The van der Waals surface area contributed by atoms with Crippen LogP contribution < -0.4 is 14.8 Å². The molecule has 4 rings (SSSR count). The Balaban J connectivity index is 1.43. The molecular weight excluding hydrogens is 636 g/mol. The maximum atomic E-state index is 12.9. The maximum absolute atomic E-state index is 12.9. The molecule has 0 atom stereocenters. The molecule has 0 saturated carbocycles. The molecule has 0 bridgehead atoms. The Morgan fingerprint density at radius 3 is 2.47 bits per heavy atom. The number of hydrogen-bond acceptors (Lipinski definition) is 6. The number of nitrogens with zero attached hydrogens (tertiary/aromatic N) is 1. The van der Waals surface area contributed by atoms with Gasteiger partial charge in [-0.2, -0.15) is 0 Å². The molecule has 1 N–H and O–H groups in total. The summed E-state index contributed by atoms with van der Waals surface area (Å²) in [5.74, 6) is 0.0929.